The van der Waals surface area contributed by atoms with E-state index in [-0.39, 0.29) is 6.04 Å². The quantitative estimate of drug-likeness (QED) is 0.891. The van der Waals surface area contributed by atoms with Gasteiger partial charge in [0.05, 0.1) is 28.6 Å². The lowest BCUT2D eigenvalue weighted by atomic mass is 10.2. The summed E-state index contributed by atoms with van der Waals surface area (Å²) in [6.07, 6.45) is 3.81. The Kier molecular flexibility index (Phi) is 2.96. The molecular formula is C11H16N4S. The minimum Gasteiger partial charge on any atom is -0.375 e. The molecule has 0 saturated carbocycles. The molecule has 0 saturated heterocycles. The molecule has 0 bridgehead atoms. The van der Waals surface area contributed by atoms with E-state index in [9.17, 15) is 0 Å². The number of aryl methyl sites for hydroxylation is 3. The highest BCUT2D eigenvalue weighted by atomic mass is 32.1. The van der Waals surface area contributed by atoms with Crippen LogP contribution in [-0.4, -0.2) is 14.8 Å². The molecule has 0 aromatic carbocycles. The maximum absolute atomic E-state index is 4.44. The summed E-state index contributed by atoms with van der Waals surface area (Å²) in [5.41, 5.74) is 2.16. The lowest BCUT2D eigenvalue weighted by Crippen LogP contribution is -2.05. The number of hydrogen-bond donors (Lipinski definition) is 1. The maximum Gasteiger partial charge on any atom is 0.0900 e. The van der Waals surface area contributed by atoms with E-state index in [0.29, 0.717) is 0 Å². The van der Waals surface area contributed by atoms with Crippen LogP contribution in [0.1, 0.15) is 28.5 Å². The second kappa shape index (κ2) is 4.25. The average Bonchev–Trinajstić information content (AvgIpc) is 2.73. The van der Waals surface area contributed by atoms with Crippen LogP contribution in [0.5, 0.6) is 0 Å². The van der Waals surface area contributed by atoms with Gasteiger partial charge in [-0.25, -0.2) is 4.98 Å². The summed E-state index contributed by atoms with van der Waals surface area (Å²) in [7, 11) is 1.91. The Morgan fingerprint density at radius 3 is 2.69 bits per heavy atom. The number of hydrogen-bond acceptors (Lipinski definition) is 4. The van der Waals surface area contributed by atoms with Crippen LogP contribution in [0.4, 0.5) is 5.69 Å². The summed E-state index contributed by atoms with van der Waals surface area (Å²) in [4.78, 5) is 5.73. The van der Waals surface area contributed by atoms with E-state index in [4.69, 9.17) is 0 Å². The number of nitrogens with zero attached hydrogens (tertiary/aromatic N) is 3. The fourth-order valence-electron chi connectivity index (χ4n) is 1.76. The van der Waals surface area contributed by atoms with Crippen LogP contribution in [0.3, 0.4) is 0 Å². The van der Waals surface area contributed by atoms with Crippen molar-refractivity contribution in [2.24, 2.45) is 7.05 Å². The van der Waals surface area contributed by atoms with Crippen LogP contribution in [0, 0.1) is 13.8 Å². The zero-order valence-corrected chi connectivity index (χ0v) is 10.8. The van der Waals surface area contributed by atoms with E-state index >= 15 is 0 Å². The standard InChI is InChI=1S/C11H16N4S/c1-7-11(16-9(3)13-7)8(2)14-10-5-12-15(4)6-10/h5-6,8,14H,1-4H3. The first-order chi connectivity index (χ1) is 7.56. The van der Waals surface area contributed by atoms with Crippen LogP contribution < -0.4 is 5.32 Å². The van der Waals surface area contributed by atoms with Gasteiger partial charge in [0.1, 0.15) is 0 Å². The number of anilines is 1. The molecule has 5 heteroatoms. The summed E-state index contributed by atoms with van der Waals surface area (Å²) in [5, 5.41) is 8.67. The molecule has 0 aliphatic heterocycles. The zero-order chi connectivity index (χ0) is 11.7. The van der Waals surface area contributed by atoms with E-state index in [0.717, 1.165) is 16.4 Å². The van der Waals surface area contributed by atoms with E-state index in [2.05, 4.69) is 29.2 Å². The topological polar surface area (TPSA) is 42.7 Å². The SMILES string of the molecule is Cc1nc(C)c(C(C)Nc2cnn(C)c2)s1. The molecule has 2 aromatic rings. The molecule has 2 rings (SSSR count). The maximum atomic E-state index is 4.44. The number of nitrogens with one attached hydrogen (secondary N) is 1. The third-order valence-corrected chi connectivity index (χ3v) is 3.68. The van der Waals surface area contributed by atoms with Gasteiger partial charge < -0.3 is 5.32 Å². The predicted molar refractivity (Wildman–Crippen MR) is 66.8 cm³/mol. The van der Waals surface area contributed by atoms with Crippen molar-refractivity contribution in [1.82, 2.24) is 14.8 Å². The Morgan fingerprint density at radius 2 is 2.19 bits per heavy atom. The fourth-order valence-corrected chi connectivity index (χ4v) is 2.69. The summed E-state index contributed by atoms with van der Waals surface area (Å²) < 4.78 is 1.79. The number of aromatic nitrogens is 3. The number of rotatable bonds is 3. The van der Waals surface area contributed by atoms with Crippen molar-refractivity contribution in [3.8, 4) is 0 Å². The normalized spacial score (nSPS) is 12.8. The van der Waals surface area contributed by atoms with E-state index in [1.807, 2.05) is 26.4 Å². The second-order valence-corrected chi connectivity index (χ2v) is 5.19. The molecule has 0 aliphatic rings. The molecule has 1 N–H and O–H groups in total. The molecular weight excluding hydrogens is 220 g/mol. The van der Waals surface area contributed by atoms with Gasteiger partial charge in [-0.2, -0.15) is 5.10 Å². The summed E-state index contributed by atoms with van der Waals surface area (Å²) >= 11 is 1.75. The Labute approximate surface area is 99.3 Å². The zero-order valence-electron chi connectivity index (χ0n) is 9.98. The Hall–Kier alpha value is -1.36. The van der Waals surface area contributed by atoms with Crippen LogP contribution >= 0.6 is 11.3 Å². The highest BCUT2D eigenvalue weighted by molar-refractivity contribution is 7.11. The van der Waals surface area contributed by atoms with Gasteiger partial charge in [-0.05, 0) is 20.8 Å². The largest absolute Gasteiger partial charge is 0.375 e. The molecule has 2 heterocycles. The van der Waals surface area contributed by atoms with Gasteiger partial charge in [0.25, 0.3) is 0 Å². The van der Waals surface area contributed by atoms with Gasteiger partial charge in [0.2, 0.25) is 0 Å². The third-order valence-electron chi connectivity index (χ3n) is 2.42. The molecule has 4 nitrogen and oxygen atoms in total. The Morgan fingerprint density at radius 1 is 1.44 bits per heavy atom. The average molecular weight is 236 g/mol. The monoisotopic (exact) mass is 236 g/mol. The molecule has 1 unspecified atom stereocenters. The number of thiazole rings is 1. The minimum absolute atomic E-state index is 0.274. The van der Waals surface area contributed by atoms with Crippen LogP contribution in [0.15, 0.2) is 12.4 Å². The first-order valence-electron chi connectivity index (χ1n) is 5.25. The molecule has 16 heavy (non-hydrogen) atoms. The summed E-state index contributed by atoms with van der Waals surface area (Å²) in [6, 6.07) is 0.274. The highest BCUT2D eigenvalue weighted by Gasteiger charge is 2.13. The fraction of sp³-hybridized carbons (Fsp3) is 0.455. The predicted octanol–water partition coefficient (Wildman–Crippen LogP) is 2.67. The van der Waals surface area contributed by atoms with Gasteiger partial charge in [-0.15, -0.1) is 11.3 Å². The second-order valence-electron chi connectivity index (χ2n) is 3.95. The smallest absolute Gasteiger partial charge is 0.0900 e. The Balaban J connectivity index is 2.14. The summed E-state index contributed by atoms with van der Waals surface area (Å²) in [6.45, 7) is 6.24. The van der Waals surface area contributed by atoms with Crippen molar-refractivity contribution < 1.29 is 0 Å². The van der Waals surface area contributed by atoms with Crippen LogP contribution in [-0.2, 0) is 7.05 Å². The lowest BCUT2D eigenvalue weighted by Gasteiger charge is -2.12. The van der Waals surface area contributed by atoms with Crippen LogP contribution in [0.25, 0.3) is 0 Å². The molecule has 0 fully saturated rings. The molecule has 1 atom stereocenters. The van der Waals surface area contributed by atoms with Gasteiger partial charge in [0.15, 0.2) is 0 Å². The summed E-state index contributed by atoms with van der Waals surface area (Å²) in [5.74, 6) is 0. The van der Waals surface area contributed by atoms with Crippen LogP contribution in [0.2, 0.25) is 0 Å². The third kappa shape index (κ3) is 2.24. The molecule has 0 amide bonds. The minimum atomic E-state index is 0.274. The van der Waals surface area contributed by atoms with Crippen molar-refractivity contribution in [2.75, 3.05) is 5.32 Å². The van der Waals surface area contributed by atoms with Gasteiger partial charge in [-0.3, -0.25) is 4.68 Å². The van der Waals surface area contributed by atoms with Crippen molar-refractivity contribution in [2.45, 2.75) is 26.8 Å². The van der Waals surface area contributed by atoms with Crippen molar-refractivity contribution >= 4 is 17.0 Å². The van der Waals surface area contributed by atoms with Gasteiger partial charge in [-0.1, -0.05) is 0 Å². The van der Waals surface area contributed by atoms with Gasteiger partial charge >= 0.3 is 0 Å². The van der Waals surface area contributed by atoms with E-state index in [1.165, 1.54) is 4.88 Å². The van der Waals surface area contributed by atoms with Crippen molar-refractivity contribution in [3.63, 3.8) is 0 Å². The van der Waals surface area contributed by atoms with Crippen molar-refractivity contribution in [1.29, 1.82) is 0 Å². The lowest BCUT2D eigenvalue weighted by molar-refractivity contribution is 0.767. The van der Waals surface area contributed by atoms with Crippen molar-refractivity contribution in [3.05, 3.63) is 28.0 Å². The molecule has 0 spiro atoms. The van der Waals surface area contributed by atoms with E-state index < -0.39 is 0 Å². The molecule has 0 radical (unpaired) electrons. The first kappa shape index (κ1) is 11.1. The molecule has 2 aromatic heterocycles. The molecule has 86 valence electrons. The van der Waals surface area contributed by atoms with Gasteiger partial charge in [0, 0.05) is 18.1 Å². The molecule has 0 aliphatic carbocycles. The first-order valence-corrected chi connectivity index (χ1v) is 6.07. The van der Waals surface area contributed by atoms with E-state index in [1.54, 1.807) is 16.0 Å². The highest BCUT2D eigenvalue weighted by Crippen LogP contribution is 2.27. The Bertz CT molecular complexity index is 486.